The first-order valence-electron chi connectivity index (χ1n) is 4.93. The standard InChI is InChI=1S/C13H15ClS2/c1-9(2)15-8-11(4)12-6-5-10(3)7-13(12)16-14/h5-8H,1H2,2-4H3/b11-8+. The summed E-state index contributed by atoms with van der Waals surface area (Å²) < 4.78 is 0. The lowest BCUT2D eigenvalue weighted by Crippen LogP contribution is -1.84. The Kier molecular flexibility index (Phi) is 5.53. The van der Waals surface area contributed by atoms with E-state index in [4.69, 9.17) is 10.7 Å². The first-order chi connectivity index (χ1) is 7.54. The summed E-state index contributed by atoms with van der Waals surface area (Å²) in [5.41, 5.74) is 3.64. The predicted molar refractivity (Wildman–Crippen MR) is 78.9 cm³/mol. The fourth-order valence-electron chi connectivity index (χ4n) is 1.27. The molecular weight excluding hydrogens is 256 g/mol. The van der Waals surface area contributed by atoms with E-state index in [2.05, 4.69) is 44.0 Å². The topological polar surface area (TPSA) is 0 Å². The highest BCUT2D eigenvalue weighted by Gasteiger charge is 2.04. The van der Waals surface area contributed by atoms with E-state index in [0.29, 0.717) is 0 Å². The van der Waals surface area contributed by atoms with Crippen molar-refractivity contribution in [1.29, 1.82) is 0 Å². The van der Waals surface area contributed by atoms with Crippen molar-refractivity contribution in [2.24, 2.45) is 0 Å². The highest BCUT2D eigenvalue weighted by atomic mass is 35.7. The fraction of sp³-hybridized carbons (Fsp3) is 0.231. The lowest BCUT2D eigenvalue weighted by atomic mass is 10.1. The second-order valence-electron chi connectivity index (χ2n) is 3.70. The number of thioether (sulfide) groups is 1. The minimum Gasteiger partial charge on any atom is -0.103 e. The third-order valence-corrected chi connectivity index (χ3v) is 3.96. The smallest absolute Gasteiger partial charge is 0.0311 e. The normalized spacial score (nSPS) is 11.6. The van der Waals surface area contributed by atoms with Gasteiger partial charge in [-0.1, -0.05) is 18.7 Å². The molecule has 0 fully saturated rings. The molecule has 3 heteroatoms. The van der Waals surface area contributed by atoms with E-state index < -0.39 is 0 Å². The Balaban J connectivity index is 3.03. The molecule has 0 radical (unpaired) electrons. The van der Waals surface area contributed by atoms with Crippen molar-refractivity contribution in [2.45, 2.75) is 25.7 Å². The van der Waals surface area contributed by atoms with E-state index in [-0.39, 0.29) is 0 Å². The predicted octanol–water partition coefficient (Wildman–Crippen LogP) is 5.87. The molecule has 16 heavy (non-hydrogen) atoms. The van der Waals surface area contributed by atoms with Crippen LogP contribution >= 0.6 is 33.4 Å². The minimum atomic E-state index is 1.09. The van der Waals surface area contributed by atoms with Crippen molar-refractivity contribution >= 4 is 39.0 Å². The van der Waals surface area contributed by atoms with Gasteiger partial charge in [0.2, 0.25) is 0 Å². The monoisotopic (exact) mass is 270 g/mol. The molecular formula is C13H15ClS2. The van der Waals surface area contributed by atoms with Crippen molar-refractivity contribution in [2.75, 3.05) is 0 Å². The molecule has 0 unspecified atom stereocenters. The Labute approximate surface area is 111 Å². The van der Waals surface area contributed by atoms with Crippen molar-refractivity contribution in [3.05, 3.63) is 46.2 Å². The molecule has 0 saturated carbocycles. The molecule has 0 aromatic heterocycles. The summed E-state index contributed by atoms with van der Waals surface area (Å²) in [7, 11) is 7.15. The van der Waals surface area contributed by atoms with Crippen LogP contribution in [-0.2, 0) is 0 Å². The zero-order chi connectivity index (χ0) is 12.1. The zero-order valence-electron chi connectivity index (χ0n) is 9.71. The number of hydrogen-bond acceptors (Lipinski definition) is 2. The number of allylic oxidation sites excluding steroid dienone is 2. The van der Waals surface area contributed by atoms with E-state index in [1.165, 1.54) is 27.7 Å². The molecule has 0 aliphatic heterocycles. The molecule has 1 aromatic rings. The Hall–Kier alpha value is -0.310. The molecule has 0 atom stereocenters. The summed E-state index contributed by atoms with van der Waals surface area (Å²) in [5, 5.41) is 2.11. The Morgan fingerprint density at radius 2 is 2.06 bits per heavy atom. The van der Waals surface area contributed by atoms with Crippen LogP contribution in [0, 0.1) is 6.92 Å². The second kappa shape index (κ2) is 6.43. The number of aryl methyl sites for hydroxylation is 1. The SMILES string of the molecule is C=C(C)S/C=C(\C)c1ccc(C)cc1SCl. The molecule has 86 valence electrons. The van der Waals surface area contributed by atoms with Crippen LogP contribution in [0.3, 0.4) is 0 Å². The average Bonchev–Trinajstić information content (AvgIpc) is 2.25. The third-order valence-electron chi connectivity index (χ3n) is 2.08. The highest BCUT2D eigenvalue weighted by Crippen LogP contribution is 2.33. The number of rotatable bonds is 4. The molecule has 0 aliphatic rings. The first-order valence-corrected chi connectivity index (χ1v) is 7.45. The lowest BCUT2D eigenvalue weighted by molar-refractivity contribution is 1.32. The molecule has 1 rings (SSSR count). The molecule has 0 N–H and O–H groups in total. The highest BCUT2D eigenvalue weighted by molar-refractivity contribution is 8.21. The Bertz CT molecular complexity index is 422. The fourth-order valence-corrected chi connectivity index (χ4v) is 2.70. The van der Waals surface area contributed by atoms with Crippen LogP contribution in [0.25, 0.3) is 5.57 Å². The zero-order valence-corrected chi connectivity index (χ0v) is 12.1. The second-order valence-corrected chi connectivity index (χ2v) is 5.92. The third kappa shape index (κ3) is 3.93. The van der Waals surface area contributed by atoms with Crippen molar-refractivity contribution in [3.8, 4) is 0 Å². The lowest BCUT2D eigenvalue weighted by Gasteiger charge is -2.08. The van der Waals surface area contributed by atoms with Crippen LogP contribution in [0.5, 0.6) is 0 Å². The molecule has 0 spiro atoms. The van der Waals surface area contributed by atoms with E-state index >= 15 is 0 Å². The maximum absolute atomic E-state index is 5.88. The first kappa shape index (κ1) is 13.8. The summed E-state index contributed by atoms with van der Waals surface area (Å²) in [6, 6.07) is 6.33. The van der Waals surface area contributed by atoms with Gasteiger partial charge in [-0.15, -0.1) is 11.8 Å². The van der Waals surface area contributed by atoms with Gasteiger partial charge in [-0.2, -0.15) is 0 Å². The van der Waals surface area contributed by atoms with Crippen molar-refractivity contribution in [3.63, 3.8) is 0 Å². The van der Waals surface area contributed by atoms with Gasteiger partial charge >= 0.3 is 0 Å². The molecule has 0 heterocycles. The van der Waals surface area contributed by atoms with Gasteiger partial charge in [-0.25, -0.2) is 0 Å². The Morgan fingerprint density at radius 3 is 2.62 bits per heavy atom. The summed E-state index contributed by atoms with van der Waals surface area (Å²) in [4.78, 5) is 2.20. The van der Waals surface area contributed by atoms with Gasteiger partial charge in [0.15, 0.2) is 0 Å². The number of hydrogen-bond donors (Lipinski definition) is 0. The summed E-state index contributed by atoms with van der Waals surface area (Å²) >= 11 is 1.65. The summed E-state index contributed by atoms with van der Waals surface area (Å²) in [6.45, 7) is 10.0. The largest absolute Gasteiger partial charge is 0.103 e. The van der Waals surface area contributed by atoms with Crippen molar-refractivity contribution < 1.29 is 0 Å². The van der Waals surface area contributed by atoms with Gasteiger partial charge in [-0.05, 0) is 75.5 Å². The van der Waals surface area contributed by atoms with E-state index in [1.54, 1.807) is 11.8 Å². The van der Waals surface area contributed by atoms with E-state index in [9.17, 15) is 0 Å². The summed E-state index contributed by atoms with van der Waals surface area (Å²) in [6.07, 6.45) is 0. The van der Waals surface area contributed by atoms with Crippen LogP contribution < -0.4 is 0 Å². The van der Waals surface area contributed by atoms with Crippen LogP contribution in [0.15, 0.2) is 40.0 Å². The van der Waals surface area contributed by atoms with E-state index in [0.717, 1.165) is 9.80 Å². The average molecular weight is 271 g/mol. The van der Waals surface area contributed by atoms with E-state index in [1.807, 2.05) is 6.92 Å². The number of halogens is 1. The molecule has 0 aliphatic carbocycles. The molecule has 0 saturated heterocycles. The quantitative estimate of drug-likeness (QED) is 0.671. The van der Waals surface area contributed by atoms with Crippen LogP contribution in [-0.4, -0.2) is 0 Å². The van der Waals surface area contributed by atoms with Crippen LogP contribution in [0.1, 0.15) is 25.0 Å². The maximum atomic E-state index is 5.88. The molecule has 0 bridgehead atoms. The van der Waals surface area contributed by atoms with Gasteiger partial charge in [0.05, 0.1) is 0 Å². The van der Waals surface area contributed by atoms with Gasteiger partial charge < -0.3 is 0 Å². The van der Waals surface area contributed by atoms with Gasteiger partial charge in [0, 0.05) is 4.90 Å². The Morgan fingerprint density at radius 1 is 1.38 bits per heavy atom. The van der Waals surface area contributed by atoms with Crippen molar-refractivity contribution in [1.82, 2.24) is 0 Å². The van der Waals surface area contributed by atoms with Gasteiger partial charge in [-0.3, -0.25) is 0 Å². The maximum Gasteiger partial charge on any atom is 0.0311 e. The van der Waals surface area contributed by atoms with Gasteiger partial charge in [0.25, 0.3) is 0 Å². The number of benzene rings is 1. The molecule has 0 nitrogen and oxygen atoms in total. The van der Waals surface area contributed by atoms with Gasteiger partial charge in [0.1, 0.15) is 0 Å². The molecule has 0 amide bonds. The van der Waals surface area contributed by atoms with Crippen LogP contribution in [0.4, 0.5) is 0 Å². The molecule has 1 aromatic carbocycles. The summed E-state index contributed by atoms with van der Waals surface area (Å²) in [5.74, 6) is 0. The minimum absolute atomic E-state index is 1.09. The van der Waals surface area contributed by atoms with Crippen LogP contribution in [0.2, 0.25) is 0 Å².